The van der Waals surface area contributed by atoms with E-state index in [0.717, 1.165) is 16.9 Å². The number of hydrogen-bond acceptors (Lipinski definition) is 7. The summed E-state index contributed by atoms with van der Waals surface area (Å²) in [7, 11) is 1.50. The quantitative estimate of drug-likeness (QED) is 0.605. The molecule has 0 radical (unpaired) electrons. The summed E-state index contributed by atoms with van der Waals surface area (Å²) in [5.41, 5.74) is 6.35. The summed E-state index contributed by atoms with van der Waals surface area (Å²) in [6.07, 6.45) is 2.70. The van der Waals surface area contributed by atoms with E-state index in [-0.39, 0.29) is 5.56 Å². The minimum Gasteiger partial charge on any atom is -0.493 e. The molecule has 1 aromatic carbocycles. The number of amides is 2. The number of carbonyl (C=O) groups excluding carboxylic acids is 3. The molecule has 2 rings (SSSR count). The van der Waals surface area contributed by atoms with Crippen LogP contribution in [0.3, 0.4) is 0 Å². The van der Waals surface area contributed by atoms with Crippen molar-refractivity contribution in [2.45, 2.75) is 20.0 Å². The van der Waals surface area contributed by atoms with Gasteiger partial charge in [0.15, 0.2) is 24.2 Å². The zero-order chi connectivity index (χ0) is 21.4. The third kappa shape index (κ3) is 6.08. The molecule has 0 aliphatic rings. The van der Waals surface area contributed by atoms with Crippen molar-refractivity contribution in [3.63, 3.8) is 0 Å². The zero-order valence-corrected chi connectivity index (χ0v) is 17.1. The second-order valence-corrected chi connectivity index (χ2v) is 6.76. The number of methoxy groups -OCH3 is 1. The molecule has 1 atom stereocenters. The van der Waals surface area contributed by atoms with Gasteiger partial charge in [0.25, 0.3) is 11.8 Å². The summed E-state index contributed by atoms with van der Waals surface area (Å²) in [5, 5.41) is 4.44. The van der Waals surface area contributed by atoms with Crippen LogP contribution in [-0.4, -0.2) is 37.6 Å². The smallest absolute Gasteiger partial charge is 0.344 e. The minimum absolute atomic E-state index is 0.193. The summed E-state index contributed by atoms with van der Waals surface area (Å²) in [5.74, 6) is -1.13. The molecule has 1 heterocycles. The molecule has 2 amide bonds. The first-order chi connectivity index (χ1) is 13.8. The van der Waals surface area contributed by atoms with Crippen LogP contribution in [0.2, 0.25) is 0 Å². The number of nitrogens with one attached hydrogen (secondary N) is 1. The van der Waals surface area contributed by atoms with E-state index >= 15 is 0 Å². The molecule has 0 spiro atoms. The molecule has 9 heteroatoms. The molecule has 0 unspecified atom stereocenters. The molecular formula is C20H22N2O6S. The molecule has 2 aromatic rings. The molecule has 0 aliphatic heterocycles. The van der Waals surface area contributed by atoms with Gasteiger partial charge in [-0.25, -0.2) is 4.79 Å². The van der Waals surface area contributed by atoms with Gasteiger partial charge in [-0.15, -0.1) is 11.3 Å². The van der Waals surface area contributed by atoms with E-state index < -0.39 is 30.5 Å². The third-order valence-electron chi connectivity index (χ3n) is 3.74. The van der Waals surface area contributed by atoms with Crippen molar-refractivity contribution < 1.29 is 28.6 Å². The molecular weight excluding hydrogens is 396 g/mol. The Balaban J connectivity index is 1.91. The van der Waals surface area contributed by atoms with Gasteiger partial charge in [-0.3, -0.25) is 9.59 Å². The van der Waals surface area contributed by atoms with Gasteiger partial charge >= 0.3 is 5.97 Å². The molecule has 8 nitrogen and oxygen atoms in total. The lowest BCUT2D eigenvalue weighted by Gasteiger charge is -2.14. The second-order valence-electron chi connectivity index (χ2n) is 5.85. The van der Waals surface area contributed by atoms with Gasteiger partial charge < -0.3 is 25.3 Å². The molecule has 0 saturated heterocycles. The fourth-order valence-electron chi connectivity index (χ4n) is 2.33. The second kappa shape index (κ2) is 10.3. The van der Waals surface area contributed by atoms with Crippen LogP contribution in [0.4, 0.5) is 5.00 Å². The standard InChI is InChI=1S/C20H22N2O6S/c1-4-5-13-6-7-15(16(10-13)26-3)27-11-17(23)28-12(2)19(25)22-20-14(18(21)24)8-9-29-20/h4-10,12H,11H2,1-3H3,(H2,21,24)(H,22,25)/b5-4+/t12-/m1/s1. The Morgan fingerprint density at radius 3 is 2.66 bits per heavy atom. The van der Waals surface area contributed by atoms with Crippen LogP contribution >= 0.6 is 11.3 Å². The number of thiophene rings is 1. The Bertz CT molecular complexity index is 921. The molecule has 29 heavy (non-hydrogen) atoms. The van der Waals surface area contributed by atoms with E-state index in [1.165, 1.54) is 20.1 Å². The van der Waals surface area contributed by atoms with Crippen LogP contribution < -0.4 is 20.5 Å². The van der Waals surface area contributed by atoms with Gasteiger partial charge in [-0.2, -0.15) is 0 Å². The first kappa shape index (κ1) is 22.0. The Kier molecular flexibility index (Phi) is 7.79. The summed E-state index contributed by atoms with van der Waals surface area (Å²) in [6, 6.07) is 6.77. The van der Waals surface area contributed by atoms with Gasteiger partial charge in [-0.1, -0.05) is 18.2 Å². The van der Waals surface area contributed by atoms with E-state index in [4.69, 9.17) is 19.9 Å². The summed E-state index contributed by atoms with van der Waals surface area (Å²) >= 11 is 1.14. The number of benzene rings is 1. The number of hydrogen-bond donors (Lipinski definition) is 2. The van der Waals surface area contributed by atoms with Crippen molar-refractivity contribution >= 4 is 40.2 Å². The predicted octanol–water partition coefficient (Wildman–Crippen LogP) is 2.84. The number of rotatable bonds is 9. The lowest BCUT2D eigenvalue weighted by molar-refractivity contribution is -0.155. The molecule has 154 valence electrons. The SMILES string of the molecule is C/C=C/c1ccc(OCC(=O)O[C@H](C)C(=O)Nc2sccc2C(N)=O)c(OC)c1. The van der Waals surface area contributed by atoms with E-state index in [1.54, 1.807) is 17.5 Å². The number of anilines is 1. The fraction of sp³-hybridized carbons (Fsp3) is 0.250. The van der Waals surface area contributed by atoms with Crippen LogP contribution in [0.25, 0.3) is 6.08 Å². The van der Waals surface area contributed by atoms with Gasteiger partial charge in [0.1, 0.15) is 5.00 Å². The molecule has 0 aliphatic carbocycles. The van der Waals surface area contributed by atoms with Crippen molar-refractivity contribution in [3.8, 4) is 11.5 Å². The Morgan fingerprint density at radius 2 is 2.00 bits per heavy atom. The largest absolute Gasteiger partial charge is 0.493 e. The Morgan fingerprint density at radius 1 is 1.24 bits per heavy atom. The average molecular weight is 418 g/mol. The van der Waals surface area contributed by atoms with Gasteiger partial charge in [0.2, 0.25) is 0 Å². The first-order valence-electron chi connectivity index (χ1n) is 8.66. The van der Waals surface area contributed by atoms with Crippen molar-refractivity contribution in [3.05, 3.63) is 46.8 Å². The van der Waals surface area contributed by atoms with E-state index in [1.807, 2.05) is 25.1 Å². The van der Waals surface area contributed by atoms with Crippen molar-refractivity contribution in [1.29, 1.82) is 0 Å². The number of ether oxygens (including phenoxy) is 3. The summed E-state index contributed by atoms with van der Waals surface area (Å²) in [6.45, 7) is 2.91. The van der Waals surface area contributed by atoms with Crippen LogP contribution in [0.15, 0.2) is 35.7 Å². The maximum absolute atomic E-state index is 12.2. The molecule has 0 fully saturated rings. The third-order valence-corrected chi connectivity index (χ3v) is 4.57. The highest BCUT2D eigenvalue weighted by Gasteiger charge is 2.21. The number of allylic oxidation sites excluding steroid dienone is 1. The Hall–Kier alpha value is -3.33. The van der Waals surface area contributed by atoms with Crippen molar-refractivity contribution in [1.82, 2.24) is 0 Å². The van der Waals surface area contributed by atoms with Gasteiger partial charge in [0, 0.05) is 0 Å². The maximum Gasteiger partial charge on any atom is 0.344 e. The van der Waals surface area contributed by atoms with E-state index in [9.17, 15) is 14.4 Å². The van der Waals surface area contributed by atoms with E-state index in [0.29, 0.717) is 16.5 Å². The number of nitrogens with two attached hydrogens (primary N) is 1. The number of esters is 1. The number of carbonyl (C=O) groups is 3. The molecule has 1 aromatic heterocycles. The zero-order valence-electron chi connectivity index (χ0n) is 16.3. The molecule has 3 N–H and O–H groups in total. The van der Waals surface area contributed by atoms with Crippen LogP contribution in [0, 0.1) is 0 Å². The normalized spacial score (nSPS) is 11.7. The highest BCUT2D eigenvalue weighted by molar-refractivity contribution is 7.14. The van der Waals surface area contributed by atoms with Crippen LogP contribution in [-0.2, 0) is 14.3 Å². The summed E-state index contributed by atoms with van der Waals surface area (Å²) in [4.78, 5) is 35.5. The number of primary amides is 1. The predicted molar refractivity (Wildman–Crippen MR) is 110 cm³/mol. The highest BCUT2D eigenvalue weighted by Crippen LogP contribution is 2.28. The van der Waals surface area contributed by atoms with Gasteiger partial charge in [-0.05, 0) is 43.0 Å². The Labute approximate surface area is 172 Å². The van der Waals surface area contributed by atoms with Crippen LogP contribution in [0.1, 0.15) is 29.8 Å². The van der Waals surface area contributed by atoms with Crippen molar-refractivity contribution in [2.75, 3.05) is 19.0 Å². The lowest BCUT2D eigenvalue weighted by atomic mass is 10.2. The first-order valence-corrected chi connectivity index (χ1v) is 9.54. The van der Waals surface area contributed by atoms with E-state index in [2.05, 4.69) is 5.32 Å². The molecule has 0 bridgehead atoms. The van der Waals surface area contributed by atoms with Gasteiger partial charge in [0.05, 0.1) is 12.7 Å². The topological polar surface area (TPSA) is 117 Å². The monoisotopic (exact) mass is 418 g/mol. The highest BCUT2D eigenvalue weighted by atomic mass is 32.1. The fourth-order valence-corrected chi connectivity index (χ4v) is 3.13. The van der Waals surface area contributed by atoms with Crippen LogP contribution in [0.5, 0.6) is 11.5 Å². The van der Waals surface area contributed by atoms with Crippen molar-refractivity contribution in [2.24, 2.45) is 5.73 Å². The average Bonchev–Trinajstić information content (AvgIpc) is 3.15. The maximum atomic E-state index is 12.2. The summed E-state index contributed by atoms with van der Waals surface area (Å²) < 4.78 is 15.8. The molecule has 0 saturated carbocycles. The lowest BCUT2D eigenvalue weighted by Crippen LogP contribution is -2.32. The minimum atomic E-state index is -1.09.